The molecule has 0 saturated heterocycles. The zero-order chi connectivity index (χ0) is 23.9. The molecule has 3 heterocycles. The average molecular weight is 463 g/mol. The van der Waals surface area contributed by atoms with E-state index in [1.165, 1.54) is 22.9 Å². The summed E-state index contributed by atoms with van der Waals surface area (Å²) in [7, 11) is 0. The Balaban J connectivity index is 1.51. The minimum absolute atomic E-state index is 0.00626. The van der Waals surface area contributed by atoms with Crippen LogP contribution in [-0.4, -0.2) is 45.7 Å². The van der Waals surface area contributed by atoms with E-state index in [1.807, 2.05) is 0 Å². The van der Waals surface area contributed by atoms with Crippen LogP contribution >= 0.6 is 0 Å². The number of nitrogens with one attached hydrogen (secondary N) is 1. The van der Waals surface area contributed by atoms with Gasteiger partial charge in [-0.2, -0.15) is 22.8 Å². The first-order valence-electron chi connectivity index (χ1n) is 9.69. The monoisotopic (exact) mass is 463 g/mol. The zero-order valence-corrected chi connectivity index (χ0v) is 17.6. The predicted octanol–water partition coefficient (Wildman–Crippen LogP) is 2.75. The molecule has 172 valence electrons. The van der Waals surface area contributed by atoms with Crippen molar-refractivity contribution in [2.75, 3.05) is 5.32 Å². The third kappa shape index (κ3) is 4.36. The van der Waals surface area contributed by atoms with Crippen molar-refractivity contribution in [1.29, 1.82) is 0 Å². The number of amides is 1. The Morgan fingerprint density at radius 3 is 2.58 bits per heavy atom. The van der Waals surface area contributed by atoms with Gasteiger partial charge >= 0.3 is 6.18 Å². The molecule has 0 aliphatic rings. The molecule has 0 saturated carbocycles. The highest BCUT2D eigenvalue weighted by molar-refractivity contribution is 5.91. The fraction of sp³-hybridized carbons (Fsp3) is 0.316. The third-order valence-electron chi connectivity index (χ3n) is 4.99. The highest BCUT2D eigenvalue weighted by Gasteiger charge is 2.37. The van der Waals surface area contributed by atoms with E-state index in [-0.39, 0.29) is 30.2 Å². The van der Waals surface area contributed by atoms with Crippen molar-refractivity contribution in [3.63, 3.8) is 0 Å². The van der Waals surface area contributed by atoms with Crippen LogP contribution in [0.15, 0.2) is 18.2 Å². The first kappa shape index (κ1) is 22.2. The van der Waals surface area contributed by atoms with Crippen molar-refractivity contribution in [1.82, 2.24) is 39.8 Å². The average Bonchev–Trinajstić information content (AvgIpc) is 3.35. The first-order chi connectivity index (χ1) is 15.5. The van der Waals surface area contributed by atoms with Crippen LogP contribution in [0.25, 0.3) is 11.5 Å². The summed E-state index contributed by atoms with van der Waals surface area (Å²) in [4.78, 5) is 20.0. The van der Waals surface area contributed by atoms with Crippen LogP contribution in [0, 0.1) is 26.6 Å². The summed E-state index contributed by atoms with van der Waals surface area (Å²) >= 11 is 0. The number of nitrogens with zero attached hydrogens (tertiary/aromatic N) is 8. The highest BCUT2D eigenvalue weighted by Crippen LogP contribution is 2.27. The van der Waals surface area contributed by atoms with Crippen LogP contribution in [0.5, 0.6) is 0 Å². The Labute approximate surface area is 183 Å². The SMILES string of the molecule is Cc1nc2nc(C(F)(F)F)nn2c(C)c1CCC(=O)Nc1ccc(F)c(-n2nnnc2C)c1. The fourth-order valence-electron chi connectivity index (χ4n) is 3.36. The van der Waals surface area contributed by atoms with E-state index in [9.17, 15) is 22.4 Å². The number of hydrogen-bond acceptors (Lipinski definition) is 7. The van der Waals surface area contributed by atoms with Gasteiger partial charge in [-0.3, -0.25) is 4.79 Å². The molecule has 10 nitrogen and oxygen atoms in total. The van der Waals surface area contributed by atoms with E-state index in [2.05, 4.69) is 35.9 Å². The van der Waals surface area contributed by atoms with Gasteiger partial charge in [-0.05, 0) is 61.4 Å². The molecule has 0 atom stereocenters. The lowest BCUT2D eigenvalue weighted by atomic mass is 10.1. The highest BCUT2D eigenvalue weighted by atomic mass is 19.4. The molecule has 0 bridgehead atoms. The molecule has 14 heteroatoms. The lowest BCUT2D eigenvalue weighted by molar-refractivity contribution is -0.144. The molecule has 4 aromatic rings. The number of carbonyl (C=O) groups is 1. The largest absolute Gasteiger partial charge is 0.453 e. The van der Waals surface area contributed by atoms with Crippen LogP contribution in [0.1, 0.15) is 35.0 Å². The number of anilines is 1. The Bertz CT molecular complexity index is 1360. The molecule has 4 rings (SSSR count). The maximum absolute atomic E-state index is 14.2. The van der Waals surface area contributed by atoms with E-state index >= 15 is 0 Å². The predicted molar refractivity (Wildman–Crippen MR) is 106 cm³/mol. The molecule has 0 radical (unpaired) electrons. The van der Waals surface area contributed by atoms with Crippen molar-refractivity contribution in [3.05, 3.63) is 52.6 Å². The Morgan fingerprint density at radius 2 is 1.91 bits per heavy atom. The van der Waals surface area contributed by atoms with Crippen molar-refractivity contribution < 1.29 is 22.4 Å². The van der Waals surface area contributed by atoms with Gasteiger partial charge < -0.3 is 5.32 Å². The van der Waals surface area contributed by atoms with Crippen LogP contribution in [0.3, 0.4) is 0 Å². The number of rotatable bonds is 5. The summed E-state index contributed by atoms with van der Waals surface area (Å²) in [5.74, 6) is -2.03. The molecule has 33 heavy (non-hydrogen) atoms. The molecule has 0 aliphatic carbocycles. The summed E-state index contributed by atoms with van der Waals surface area (Å²) in [6.07, 6.45) is -4.48. The van der Waals surface area contributed by atoms with Gasteiger partial charge in [-0.25, -0.2) is 13.9 Å². The lowest BCUT2D eigenvalue weighted by Gasteiger charge is -2.11. The minimum Gasteiger partial charge on any atom is -0.326 e. The first-order valence-corrected chi connectivity index (χ1v) is 9.69. The van der Waals surface area contributed by atoms with Gasteiger partial charge in [-0.1, -0.05) is 0 Å². The maximum Gasteiger partial charge on any atom is 0.453 e. The number of aryl methyl sites for hydroxylation is 3. The summed E-state index contributed by atoms with van der Waals surface area (Å²) in [6, 6.07) is 3.98. The van der Waals surface area contributed by atoms with Crippen LogP contribution < -0.4 is 5.32 Å². The van der Waals surface area contributed by atoms with Gasteiger partial charge in [0.25, 0.3) is 11.6 Å². The fourth-order valence-corrected chi connectivity index (χ4v) is 3.36. The van der Waals surface area contributed by atoms with Gasteiger partial charge in [-0.15, -0.1) is 10.2 Å². The topological polar surface area (TPSA) is 116 Å². The number of tetrazole rings is 1. The van der Waals surface area contributed by atoms with Crippen LogP contribution in [0.2, 0.25) is 0 Å². The summed E-state index contributed by atoms with van der Waals surface area (Å²) in [6.45, 7) is 4.82. The molecule has 1 amide bonds. The third-order valence-corrected chi connectivity index (χ3v) is 4.99. The molecule has 0 spiro atoms. The molecule has 3 aromatic heterocycles. The van der Waals surface area contributed by atoms with Gasteiger partial charge in [0.05, 0.1) is 0 Å². The molecule has 0 unspecified atom stereocenters. The number of carbonyl (C=O) groups excluding carboxylic acids is 1. The molecule has 0 fully saturated rings. The van der Waals surface area contributed by atoms with E-state index in [0.717, 1.165) is 4.52 Å². The number of hydrogen-bond donors (Lipinski definition) is 1. The van der Waals surface area contributed by atoms with Gasteiger partial charge in [0, 0.05) is 23.5 Å². The lowest BCUT2D eigenvalue weighted by Crippen LogP contribution is -2.15. The number of fused-ring (bicyclic) bond motifs is 1. The number of benzene rings is 1. The normalized spacial score (nSPS) is 11.8. The van der Waals surface area contributed by atoms with E-state index in [1.54, 1.807) is 20.8 Å². The summed E-state index contributed by atoms with van der Waals surface area (Å²) in [5, 5.41) is 17.1. The molecule has 1 N–H and O–H groups in total. The van der Waals surface area contributed by atoms with Crippen molar-refractivity contribution >= 4 is 17.4 Å². The Kier molecular flexibility index (Phi) is 5.51. The Morgan fingerprint density at radius 1 is 1.15 bits per heavy atom. The van der Waals surface area contributed by atoms with Crippen molar-refractivity contribution in [3.8, 4) is 5.69 Å². The molecule has 0 aliphatic heterocycles. The molecule has 1 aromatic carbocycles. The Hall–Kier alpha value is -3.97. The second-order valence-corrected chi connectivity index (χ2v) is 7.26. The van der Waals surface area contributed by atoms with Gasteiger partial charge in [0.2, 0.25) is 5.91 Å². The minimum atomic E-state index is -4.69. The number of aromatic nitrogens is 8. The van der Waals surface area contributed by atoms with Gasteiger partial charge in [0.1, 0.15) is 11.5 Å². The van der Waals surface area contributed by atoms with Crippen LogP contribution in [0.4, 0.5) is 23.2 Å². The number of halogens is 4. The van der Waals surface area contributed by atoms with E-state index in [4.69, 9.17) is 0 Å². The van der Waals surface area contributed by atoms with Crippen molar-refractivity contribution in [2.45, 2.75) is 39.8 Å². The standard InChI is InChI=1S/C19H17F4N9O/c1-9-13(10(2)31-18(24-9)26-17(28-31)19(21,22)23)5-7-16(33)25-12-4-6-14(20)15(8-12)32-11(3)27-29-30-32/h4,6,8H,5,7H2,1-3H3,(H,25,33). The van der Waals surface area contributed by atoms with Crippen LogP contribution in [-0.2, 0) is 17.4 Å². The number of alkyl halides is 3. The van der Waals surface area contributed by atoms with Gasteiger partial charge in [0.15, 0.2) is 5.82 Å². The summed E-state index contributed by atoms with van der Waals surface area (Å²) in [5.41, 5.74) is 1.85. The van der Waals surface area contributed by atoms with Crippen molar-refractivity contribution in [2.24, 2.45) is 0 Å². The molecular weight excluding hydrogens is 446 g/mol. The second kappa shape index (κ2) is 8.18. The molecular formula is C19H17F4N9O. The second-order valence-electron chi connectivity index (χ2n) is 7.26. The quantitative estimate of drug-likeness (QED) is 0.453. The summed E-state index contributed by atoms with van der Waals surface area (Å²) < 4.78 is 55.2. The smallest absolute Gasteiger partial charge is 0.326 e. The maximum atomic E-state index is 14.2. The van der Waals surface area contributed by atoms with E-state index in [0.29, 0.717) is 28.5 Å². The zero-order valence-electron chi connectivity index (χ0n) is 17.6. The van der Waals surface area contributed by atoms with E-state index < -0.39 is 17.8 Å².